The van der Waals surface area contributed by atoms with Gasteiger partial charge in [0.15, 0.2) is 0 Å². The van der Waals surface area contributed by atoms with Gasteiger partial charge >= 0.3 is 0 Å². The first-order valence-electron chi connectivity index (χ1n) is 10.8. The Labute approximate surface area is 184 Å². The smallest absolute Gasteiger partial charge is 0.257 e. The topological polar surface area (TPSA) is 60.5 Å². The molecule has 3 rings (SSSR count). The van der Waals surface area contributed by atoms with E-state index in [1.54, 1.807) is 6.07 Å². The lowest BCUT2D eigenvalue weighted by Gasteiger charge is -2.14. The summed E-state index contributed by atoms with van der Waals surface area (Å²) in [7, 11) is 0. The number of aryl methyl sites for hydroxylation is 2. The maximum atomic E-state index is 12.7. The number of hydrogen-bond donors (Lipinski definition) is 1. The fraction of sp³-hybridized carbons (Fsp3) is 0.308. The minimum absolute atomic E-state index is 0.101. The third-order valence-electron chi connectivity index (χ3n) is 5.02. The van der Waals surface area contributed by atoms with Crippen LogP contribution in [0.5, 0.6) is 11.5 Å². The molecule has 3 aromatic rings. The van der Waals surface area contributed by atoms with Gasteiger partial charge in [-0.05, 0) is 75.2 Å². The van der Waals surface area contributed by atoms with Crippen LogP contribution in [0, 0.1) is 6.92 Å². The Hall–Kier alpha value is -3.18. The van der Waals surface area contributed by atoms with Gasteiger partial charge in [0.25, 0.3) is 5.91 Å². The van der Waals surface area contributed by atoms with E-state index >= 15 is 0 Å². The fourth-order valence-electron chi connectivity index (χ4n) is 3.39. The number of carbonyl (C=O) groups excluding carboxylic acids is 1. The van der Waals surface area contributed by atoms with Crippen molar-refractivity contribution in [1.29, 1.82) is 0 Å². The second-order valence-electron chi connectivity index (χ2n) is 7.40. The average molecular weight is 419 g/mol. The number of aromatic nitrogens is 1. The molecule has 0 saturated heterocycles. The molecule has 0 bridgehead atoms. The van der Waals surface area contributed by atoms with Gasteiger partial charge in [-0.1, -0.05) is 31.5 Å². The zero-order chi connectivity index (χ0) is 22.2. The van der Waals surface area contributed by atoms with Crippen molar-refractivity contribution in [2.75, 3.05) is 11.9 Å². The molecule has 1 amide bonds. The Morgan fingerprint density at radius 2 is 1.77 bits per heavy atom. The largest absolute Gasteiger partial charge is 0.457 e. The molecule has 0 aliphatic carbocycles. The lowest BCUT2D eigenvalue weighted by molar-refractivity contribution is 0.0732. The van der Waals surface area contributed by atoms with Gasteiger partial charge in [-0.25, -0.2) is 0 Å². The van der Waals surface area contributed by atoms with E-state index in [-0.39, 0.29) is 12.0 Å². The van der Waals surface area contributed by atoms with Crippen molar-refractivity contribution in [3.8, 4) is 11.5 Å². The summed E-state index contributed by atoms with van der Waals surface area (Å²) in [4.78, 5) is 17.3. The highest BCUT2D eigenvalue weighted by Crippen LogP contribution is 2.27. The molecule has 1 aromatic heterocycles. The van der Waals surface area contributed by atoms with E-state index in [0.717, 1.165) is 30.0 Å². The van der Waals surface area contributed by atoms with Gasteiger partial charge in [-0.2, -0.15) is 0 Å². The molecular weight excluding hydrogens is 388 g/mol. The van der Waals surface area contributed by atoms with Crippen molar-refractivity contribution >= 4 is 11.6 Å². The molecule has 1 unspecified atom stereocenters. The SMILES string of the molecule is CCCc1ccccc1Oc1ccc(NC(=O)c2ccc(C(C)OCC)nc2C)cc1. The first kappa shape index (κ1) is 22.5. The van der Waals surface area contributed by atoms with Gasteiger partial charge in [0.2, 0.25) is 0 Å². The third kappa shape index (κ3) is 5.92. The van der Waals surface area contributed by atoms with E-state index in [1.165, 1.54) is 5.56 Å². The summed E-state index contributed by atoms with van der Waals surface area (Å²) in [6, 6.07) is 19.1. The quantitative estimate of drug-likeness (QED) is 0.432. The number of anilines is 1. The number of carbonyl (C=O) groups is 1. The lowest BCUT2D eigenvalue weighted by Crippen LogP contribution is -2.15. The Kier molecular flexibility index (Phi) is 7.79. The van der Waals surface area contributed by atoms with Crippen molar-refractivity contribution in [1.82, 2.24) is 4.98 Å². The zero-order valence-corrected chi connectivity index (χ0v) is 18.6. The predicted molar refractivity (Wildman–Crippen MR) is 124 cm³/mol. The van der Waals surface area contributed by atoms with Crippen LogP contribution < -0.4 is 10.1 Å². The van der Waals surface area contributed by atoms with E-state index in [9.17, 15) is 4.79 Å². The van der Waals surface area contributed by atoms with Crippen molar-refractivity contribution in [3.63, 3.8) is 0 Å². The first-order chi connectivity index (χ1) is 15.0. The molecule has 162 valence electrons. The van der Waals surface area contributed by atoms with Crippen LogP contribution in [0.3, 0.4) is 0 Å². The van der Waals surface area contributed by atoms with Gasteiger partial charge in [0.1, 0.15) is 11.5 Å². The van der Waals surface area contributed by atoms with E-state index in [4.69, 9.17) is 9.47 Å². The molecule has 5 heteroatoms. The molecule has 0 saturated carbocycles. The highest BCUT2D eigenvalue weighted by atomic mass is 16.5. The Morgan fingerprint density at radius 3 is 2.45 bits per heavy atom. The van der Waals surface area contributed by atoms with Crippen LogP contribution in [-0.2, 0) is 11.2 Å². The number of hydrogen-bond acceptors (Lipinski definition) is 4. The summed E-state index contributed by atoms with van der Waals surface area (Å²) in [6.07, 6.45) is 1.93. The van der Waals surface area contributed by atoms with Gasteiger partial charge in [-0.3, -0.25) is 9.78 Å². The van der Waals surface area contributed by atoms with Crippen LogP contribution in [0.25, 0.3) is 0 Å². The molecule has 0 radical (unpaired) electrons. The van der Waals surface area contributed by atoms with Crippen molar-refractivity contribution in [2.24, 2.45) is 0 Å². The second kappa shape index (κ2) is 10.7. The van der Waals surface area contributed by atoms with Crippen molar-refractivity contribution in [3.05, 3.63) is 83.2 Å². The fourth-order valence-corrected chi connectivity index (χ4v) is 3.39. The summed E-state index contributed by atoms with van der Waals surface area (Å²) in [5, 5.41) is 2.93. The lowest BCUT2D eigenvalue weighted by atomic mass is 10.1. The molecule has 0 aliphatic heterocycles. The highest BCUT2D eigenvalue weighted by molar-refractivity contribution is 6.05. The maximum Gasteiger partial charge on any atom is 0.257 e. The zero-order valence-electron chi connectivity index (χ0n) is 18.6. The molecular formula is C26H30N2O3. The van der Waals surface area contributed by atoms with E-state index in [0.29, 0.717) is 23.6 Å². The standard InChI is InChI=1S/C26H30N2O3/c1-5-9-20-10-7-8-11-25(20)31-22-14-12-21(13-15-22)28-26(29)23-16-17-24(27-18(23)3)19(4)30-6-2/h7-8,10-17,19H,5-6,9H2,1-4H3,(H,28,29). The summed E-state index contributed by atoms with van der Waals surface area (Å²) >= 11 is 0. The monoisotopic (exact) mass is 418 g/mol. The highest BCUT2D eigenvalue weighted by Gasteiger charge is 2.14. The van der Waals surface area contributed by atoms with Gasteiger partial charge in [-0.15, -0.1) is 0 Å². The molecule has 31 heavy (non-hydrogen) atoms. The number of nitrogens with zero attached hydrogens (tertiary/aromatic N) is 1. The summed E-state index contributed by atoms with van der Waals surface area (Å²) in [5.41, 5.74) is 3.92. The minimum atomic E-state index is -0.192. The third-order valence-corrected chi connectivity index (χ3v) is 5.02. The van der Waals surface area contributed by atoms with E-state index < -0.39 is 0 Å². The number of nitrogens with one attached hydrogen (secondary N) is 1. The minimum Gasteiger partial charge on any atom is -0.457 e. The summed E-state index contributed by atoms with van der Waals surface area (Å²) in [6.45, 7) is 8.51. The van der Waals surface area contributed by atoms with Crippen molar-refractivity contribution in [2.45, 2.75) is 46.6 Å². The van der Waals surface area contributed by atoms with E-state index in [2.05, 4.69) is 23.3 Å². The second-order valence-corrected chi connectivity index (χ2v) is 7.40. The summed E-state index contributed by atoms with van der Waals surface area (Å²) < 4.78 is 11.6. The van der Waals surface area contributed by atoms with Gasteiger partial charge in [0.05, 0.1) is 23.1 Å². The Morgan fingerprint density at radius 1 is 1.03 bits per heavy atom. The molecule has 1 N–H and O–H groups in total. The molecule has 1 atom stereocenters. The molecule has 1 heterocycles. The number of para-hydroxylation sites is 1. The normalized spacial score (nSPS) is 11.7. The van der Waals surface area contributed by atoms with Gasteiger partial charge < -0.3 is 14.8 Å². The molecule has 0 fully saturated rings. The number of benzene rings is 2. The summed E-state index contributed by atoms with van der Waals surface area (Å²) in [5.74, 6) is 1.40. The Bertz CT molecular complexity index is 1020. The molecule has 0 spiro atoms. The Balaban J connectivity index is 1.67. The number of rotatable bonds is 9. The van der Waals surface area contributed by atoms with Crippen LogP contribution in [0.15, 0.2) is 60.7 Å². The van der Waals surface area contributed by atoms with Crippen molar-refractivity contribution < 1.29 is 14.3 Å². The molecule has 2 aromatic carbocycles. The number of amides is 1. The van der Waals surface area contributed by atoms with Crippen LogP contribution >= 0.6 is 0 Å². The number of ether oxygens (including phenoxy) is 2. The predicted octanol–water partition coefficient (Wildman–Crippen LogP) is 6.48. The molecule has 5 nitrogen and oxygen atoms in total. The van der Waals surface area contributed by atoms with Gasteiger partial charge in [0, 0.05) is 12.3 Å². The van der Waals surface area contributed by atoms with E-state index in [1.807, 2.05) is 69.3 Å². The number of pyridine rings is 1. The first-order valence-corrected chi connectivity index (χ1v) is 10.8. The average Bonchev–Trinajstić information content (AvgIpc) is 2.76. The maximum absolute atomic E-state index is 12.7. The molecule has 0 aliphatic rings. The van der Waals surface area contributed by atoms with Crippen LogP contribution in [-0.4, -0.2) is 17.5 Å². The van der Waals surface area contributed by atoms with Crippen LogP contribution in [0.2, 0.25) is 0 Å². The van der Waals surface area contributed by atoms with Crippen LogP contribution in [0.4, 0.5) is 5.69 Å². The van der Waals surface area contributed by atoms with Crippen LogP contribution in [0.1, 0.15) is 60.6 Å².